The maximum absolute atomic E-state index is 11.3. The van der Waals surface area contributed by atoms with E-state index in [1.54, 1.807) is 24.3 Å². The van der Waals surface area contributed by atoms with Gasteiger partial charge >= 0.3 is 5.69 Å². The molecule has 20 heavy (non-hydrogen) atoms. The highest BCUT2D eigenvalue weighted by Crippen LogP contribution is 2.37. The highest BCUT2D eigenvalue weighted by Gasteiger charge is 2.34. The molecule has 0 bridgehead atoms. The van der Waals surface area contributed by atoms with Gasteiger partial charge in [-0.1, -0.05) is 44.5 Å². The molecular formula is C13H15ClN4O2. The number of benzene rings is 1. The number of para-hydroxylation sites is 1. The first-order valence-electron chi connectivity index (χ1n) is 6.01. The summed E-state index contributed by atoms with van der Waals surface area (Å²) in [7, 11) is 0. The molecule has 0 aliphatic carbocycles. The standard InChI is InChI=1S/C13H15ClN4O2/c1-13(2,3)11-10(18(19)20)12(15)17(16-11)9-7-5-4-6-8(9)14/h4-7H,15H2,1-3H3. The summed E-state index contributed by atoms with van der Waals surface area (Å²) in [6.07, 6.45) is 0. The second-order valence-electron chi connectivity index (χ2n) is 5.45. The van der Waals surface area contributed by atoms with Gasteiger partial charge in [0.25, 0.3) is 0 Å². The van der Waals surface area contributed by atoms with Gasteiger partial charge in [-0.25, -0.2) is 4.68 Å². The van der Waals surface area contributed by atoms with E-state index in [1.807, 2.05) is 20.8 Å². The smallest absolute Gasteiger partial charge is 0.334 e. The van der Waals surface area contributed by atoms with Crippen molar-refractivity contribution in [2.24, 2.45) is 0 Å². The van der Waals surface area contributed by atoms with Crippen molar-refractivity contribution in [2.45, 2.75) is 26.2 Å². The van der Waals surface area contributed by atoms with Gasteiger partial charge in [0.15, 0.2) is 0 Å². The summed E-state index contributed by atoms with van der Waals surface area (Å²) in [6.45, 7) is 5.54. The lowest BCUT2D eigenvalue weighted by Gasteiger charge is -2.13. The second-order valence-corrected chi connectivity index (χ2v) is 5.86. The van der Waals surface area contributed by atoms with Gasteiger partial charge in [-0.3, -0.25) is 10.1 Å². The average Bonchev–Trinajstić information content (AvgIpc) is 2.67. The summed E-state index contributed by atoms with van der Waals surface area (Å²) in [5, 5.41) is 16.0. The van der Waals surface area contributed by atoms with Crippen LogP contribution >= 0.6 is 11.6 Å². The van der Waals surface area contributed by atoms with Crippen LogP contribution in [0.3, 0.4) is 0 Å². The van der Waals surface area contributed by atoms with Crippen molar-refractivity contribution >= 4 is 23.1 Å². The van der Waals surface area contributed by atoms with E-state index < -0.39 is 10.3 Å². The summed E-state index contributed by atoms with van der Waals surface area (Å²) in [6, 6.07) is 6.93. The maximum Gasteiger partial charge on any atom is 0.334 e. The minimum Gasteiger partial charge on any atom is -0.378 e. The number of nitrogens with zero attached hydrogens (tertiary/aromatic N) is 3. The van der Waals surface area contributed by atoms with Crippen molar-refractivity contribution in [1.29, 1.82) is 0 Å². The van der Waals surface area contributed by atoms with Gasteiger partial charge in [0.1, 0.15) is 5.69 Å². The Hall–Kier alpha value is -2.08. The van der Waals surface area contributed by atoms with E-state index in [2.05, 4.69) is 5.10 Å². The molecule has 1 aromatic heterocycles. The molecular weight excluding hydrogens is 280 g/mol. The van der Waals surface area contributed by atoms with Crippen LogP contribution in [0.1, 0.15) is 26.5 Å². The Bertz CT molecular complexity index is 673. The third-order valence-corrected chi connectivity index (χ3v) is 3.19. The number of hydrogen-bond acceptors (Lipinski definition) is 4. The fourth-order valence-electron chi connectivity index (χ4n) is 1.92. The Morgan fingerprint density at radius 1 is 1.35 bits per heavy atom. The fourth-order valence-corrected chi connectivity index (χ4v) is 2.13. The lowest BCUT2D eigenvalue weighted by atomic mass is 9.91. The maximum atomic E-state index is 11.3. The Morgan fingerprint density at radius 2 is 1.95 bits per heavy atom. The number of anilines is 1. The van der Waals surface area contributed by atoms with E-state index in [0.29, 0.717) is 16.4 Å². The summed E-state index contributed by atoms with van der Waals surface area (Å²) in [4.78, 5) is 10.8. The molecule has 1 aromatic carbocycles. The predicted octanol–water partition coefficient (Wildman–Crippen LogP) is 3.31. The SMILES string of the molecule is CC(C)(C)c1nn(-c2ccccc2Cl)c(N)c1[N+](=O)[O-]. The first-order chi connectivity index (χ1) is 9.23. The second kappa shape index (κ2) is 4.79. The van der Waals surface area contributed by atoms with Crippen LogP contribution in [0.4, 0.5) is 11.5 Å². The number of rotatable bonds is 2. The highest BCUT2D eigenvalue weighted by molar-refractivity contribution is 6.32. The monoisotopic (exact) mass is 294 g/mol. The number of nitrogens with two attached hydrogens (primary N) is 1. The van der Waals surface area contributed by atoms with Crippen molar-refractivity contribution in [3.8, 4) is 5.69 Å². The van der Waals surface area contributed by atoms with Crippen molar-refractivity contribution in [2.75, 3.05) is 5.73 Å². The fraction of sp³-hybridized carbons (Fsp3) is 0.308. The van der Waals surface area contributed by atoms with Gasteiger partial charge in [-0.15, -0.1) is 0 Å². The molecule has 0 fully saturated rings. The van der Waals surface area contributed by atoms with Crippen molar-refractivity contribution in [3.63, 3.8) is 0 Å². The van der Waals surface area contributed by atoms with Gasteiger partial charge in [-0.2, -0.15) is 5.10 Å². The molecule has 2 rings (SSSR count). The molecule has 0 unspecified atom stereocenters. The molecule has 0 aliphatic heterocycles. The van der Waals surface area contributed by atoms with Crippen LogP contribution in [0.2, 0.25) is 5.02 Å². The number of aromatic nitrogens is 2. The van der Waals surface area contributed by atoms with E-state index in [1.165, 1.54) is 4.68 Å². The molecule has 0 saturated heterocycles. The summed E-state index contributed by atoms with van der Waals surface area (Å²) < 4.78 is 1.32. The van der Waals surface area contributed by atoms with E-state index in [-0.39, 0.29) is 11.5 Å². The van der Waals surface area contributed by atoms with Gasteiger partial charge in [0.05, 0.1) is 15.6 Å². The van der Waals surface area contributed by atoms with Crippen molar-refractivity contribution < 1.29 is 4.92 Å². The molecule has 2 N–H and O–H groups in total. The summed E-state index contributed by atoms with van der Waals surface area (Å²) in [5.74, 6) is -0.0203. The molecule has 0 amide bonds. The van der Waals surface area contributed by atoms with Crippen LogP contribution < -0.4 is 5.73 Å². The quantitative estimate of drug-likeness (QED) is 0.680. The number of nitro groups is 1. The van der Waals surface area contributed by atoms with E-state index >= 15 is 0 Å². The molecule has 106 valence electrons. The lowest BCUT2D eigenvalue weighted by molar-refractivity contribution is -0.385. The Labute approximate surface area is 121 Å². The topological polar surface area (TPSA) is 87.0 Å². The van der Waals surface area contributed by atoms with Gasteiger partial charge < -0.3 is 5.73 Å². The third-order valence-electron chi connectivity index (χ3n) is 2.87. The van der Waals surface area contributed by atoms with Crippen molar-refractivity contribution in [1.82, 2.24) is 9.78 Å². The third kappa shape index (κ3) is 2.34. The zero-order valence-electron chi connectivity index (χ0n) is 11.4. The van der Waals surface area contributed by atoms with Crippen LogP contribution in [-0.2, 0) is 5.41 Å². The first kappa shape index (κ1) is 14.3. The minimum absolute atomic E-state index is 0.0203. The van der Waals surface area contributed by atoms with Gasteiger partial charge in [-0.05, 0) is 12.1 Å². The normalized spacial score (nSPS) is 11.6. The first-order valence-corrected chi connectivity index (χ1v) is 6.39. The van der Waals surface area contributed by atoms with Crippen LogP contribution in [0.25, 0.3) is 5.69 Å². The van der Waals surface area contributed by atoms with Crippen LogP contribution in [0.15, 0.2) is 24.3 Å². The van der Waals surface area contributed by atoms with Gasteiger partial charge in [0, 0.05) is 5.41 Å². The Kier molecular flexibility index (Phi) is 3.43. The van der Waals surface area contributed by atoms with E-state index in [9.17, 15) is 10.1 Å². The zero-order chi connectivity index (χ0) is 15.1. The molecule has 0 atom stereocenters. The number of nitrogen functional groups attached to an aromatic ring is 1. The molecule has 7 heteroatoms. The number of hydrogen-bond donors (Lipinski definition) is 1. The molecule has 0 saturated carbocycles. The summed E-state index contributed by atoms with van der Waals surface area (Å²) in [5.41, 5.74) is 6.09. The zero-order valence-corrected chi connectivity index (χ0v) is 12.2. The van der Waals surface area contributed by atoms with Crippen LogP contribution in [0.5, 0.6) is 0 Å². The van der Waals surface area contributed by atoms with Gasteiger partial charge in [0.2, 0.25) is 5.82 Å². The molecule has 0 spiro atoms. The van der Waals surface area contributed by atoms with E-state index in [0.717, 1.165) is 0 Å². The molecule has 2 aromatic rings. The van der Waals surface area contributed by atoms with E-state index in [4.69, 9.17) is 17.3 Å². The van der Waals surface area contributed by atoms with Crippen LogP contribution in [0, 0.1) is 10.1 Å². The lowest BCUT2D eigenvalue weighted by Crippen LogP contribution is -2.14. The molecule has 1 heterocycles. The molecule has 0 radical (unpaired) electrons. The Morgan fingerprint density at radius 3 is 2.40 bits per heavy atom. The average molecular weight is 295 g/mol. The number of halogens is 1. The summed E-state index contributed by atoms with van der Waals surface area (Å²) >= 11 is 6.10. The molecule has 0 aliphatic rings. The largest absolute Gasteiger partial charge is 0.378 e. The van der Waals surface area contributed by atoms with Crippen LogP contribution in [-0.4, -0.2) is 14.7 Å². The highest BCUT2D eigenvalue weighted by atomic mass is 35.5. The van der Waals surface area contributed by atoms with Crippen molar-refractivity contribution in [3.05, 3.63) is 45.1 Å². The molecule has 6 nitrogen and oxygen atoms in total. The Balaban J connectivity index is 2.75. The minimum atomic E-state index is -0.504. The predicted molar refractivity (Wildman–Crippen MR) is 78.3 cm³/mol.